The van der Waals surface area contributed by atoms with E-state index in [0.29, 0.717) is 35.2 Å². The fourth-order valence-corrected chi connectivity index (χ4v) is 5.62. The van der Waals surface area contributed by atoms with Crippen molar-refractivity contribution in [1.82, 2.24) is 19.3 Å². The third-order valence-electron chi connectivity index (χ3n) is 7.65. The fraction of sp³-hybridized carbons (Fsp3) is 0.419. The highest BCUT2D eigenvalue weighted by molar-refractivity contribution is 5.68. The second-order valence-corrected chi connectivity index (χ2v) is 11.3. The van der Waals surface area contributed by atoms with E-state index in [4.69, 9.17) is 9.72 Å². The number of aromatic nitrogens is 3. The number of halogens is 1. The first-order valence-electron chi connectivity index (χ1n) is 13.5. The van der Waals surface area contributed by atoms with Crippen molar-refractivity contribution >= 4 is 5.78 Å². The van der Waals surface area contributed by atoms with Crippen LogP contribution in [0.5, 0.6) is 5.75 Å². The van der Waals surface area contributed by atoms with Crippen molar-refractivity contribution in [2.24, 2.45) is 0 Å². The smallest absolute Gasteiger partial charge is 0.267 e. The zero-order valence-electron chi connectivity index (χ0n) is 23.0. The number of methoxy groups -OCH3 is 1. The monoisotopic (exact) mass is 516 g/mol. The van der Waals surface area contributed by atoms with Crippen LogP contribution < -0.4 is 15.6 Å². The Bertz CT molecular complexity index is 1520. The van der Waals surface area contributed by atoms with Crippen LogP contribution in [0.4, 0.5) is 4.39 Å². The standard InChI is InChI=1S/C31H37FN4O2/c1-20-27(21-12-10-15-24(17-21)38-5)29(37)36-26(18-33-23-13-7-8-14-23)28(31(2,3)4)34-30(36)35(20)19-22-11-6-9-16-25(22)32/h6,9-12,15-17,23,33H,7-8,13-14,18-19H2,1-5H3. The number of nitrogens with one attached hydrogen (secondary N) is 1. The maximum absolute atomic E-state index is 14.8. The van der Waals surface area contributed by atoms with Gasteiger partial charge in [0.15, 0.2) is 0 Å². The Hall–Kier alpha value is -3.45. The van der Waals surface area contributed by atoms with Gasteiger partial charge in [-0.05, 0) is 43.5 Å². The number of rotatable bonds is 7. The zero-order chi connectivity index (χ0) is 27.0. The Morgan fingerprint density at radius 3 is 2.53 bits per heavy atom. The van der Waals surface area contributed by atoms with Crippen molar-refractivity contribution in [2.75, 3.05) is 7.11 Å². The van der Waals surface area contributed by atoms with Gasteiger partial charge in [0.1, 0.15) is 11.6 Å². The third-order valence-corrected chi connectivity index (χ3v) is 7.65. The van der Waals surface area contributed by atoms with Crippen LogP contribution >= 0.6 is 0 Å². The van der Waals surface area contributed by atoms with Gasteiger partial charge < -0.3 is 14.6 Å². The van der Waals surface area contributed by atoms with Crippen molar-refractivity contribution in [3.05, 3.63) is 87.3 Å². The molecule has 0 radical (unpaired) electrons. The molecule has 0 bridgehead atoms. The summed E-state index contributed by atoms with van der Waals surface area (Å²) in [4.78, 5) is 19.4. The summed E-state index contributed by atoms with van der Waals surface area (Å²) in [5, 5.41) is 3.70. The van der Waals surface area contributed by atoms with Gasteiger partial charge >= 0.3 is 0 Å². The summed E-state index contributed by atoms with van der Waals surface area (Å²) >= 11 is 0. The van der Waals surface area contributed by atoms with Gasteiger partial charge in [0.25, 0.3) is 5.56 Å². The van der Waals surface area contributed by atoms with Crippen molar-refractivity contribution in [1.29, 1.82) is 0 Å². The van der Waals surface area contributed by atoms with Crippen LogP contribution in [0.2, 0.25) is 0 Å². The number of hydrogen-bond acceptors (Lipinski definition) is 4. The lowest BCUT2D eigenvalue weighted by Gasteiger charge is -2.20. The van der Waals surface area contributed by atoms with Gasteiger partial charge in [-0.25, -0.2) is 13.8 Å². The SMILES string of the molecule is COc1cccc(-c2c(C)n(Cc3ccccc3F)c3nc(C(C)(C)C)c(CNC4CCCC4)n3c2=O)c1. The molecule has 1 fully saturated rings. The summed E-state index contributed by atoms with van der Waals surface area (Å²) < 4.78 is 24.0. The number of imidazole rings is 1. The molecule has 0 saturated heterocycles. The zero-order valence-corrected chi connectivity index (χ0v) is 23.0. The molecule has 200 valence electrons. The molecule has 0 aliphatic heterocycles. The molecule has 6 nitrogen and oxygen atoms in total. The van der Waals surface area contributed by atoms with Gasteiger partial charge in [-0.3, -0.25) is 4.79 Å². The van der Waals surface area contributed by atoms with Crippen LogP contribution in [-0.4, -0.2) is 27.1 Å². The van der Waals surface area contributed by atoms with Crippen LogP contribution in [0.3, 0.4) is 0 Å². The molecule has 0 spiro atoms. The molecule has 1 saturated carbocycles. The Morgan fingerprint density at radius 2 is 1.84 bits per heavy atom. The second-order valence-electron chi connectivity index (χ2n) is 11.3. The van der Waals surface area contributed by atoms with E-state index < -0.39 is 0 Å². The number of ether oxygens (including phenoxy) is 1. The first-order chi connectivity index (χ1) is 18.2. The summed E-state index contributed by atoms with van der Waals surface area (Å²) in [5.74, 6) is 0.930. The molecule has 1 aliphatic rings. The molecule has 0 unspecified atom stereocenters. The number of hydrogen-bond donors (Lipinski definition) is 1. The minimum absolute atomic E-state index is 0.123. The number of benzene rings is 2. The largest absolute Gasteiger partial charge is 0.497 e. The van der Waals surface area contributed by atoms with Crippen molar-refractivity contribution in [2.45, 2.75) is 77.9 Å². The van der Waals surface area contributed by atoms with Crippen molar-refractivity contribution < 1.29 is 9.13 Å². The molecule has 38 heavy (non-hydrogen) atoms. The van der Waals surface area contributed by atoms with Gasteiger partial charge in [0.05, 0.1) is 30.6 Å². The van der Waals surface area contributed by atoms with Crippen LogP contribution in [0, 0.1) is 12.7 Å². The summed E-state index contributed by atoms with van der Waals surface area (Å²) in [6, 6.07) is 14.8. The molecular formula is C31H37FN4O2. The predicted molar refractivity (Wildman–Crippen MR) is 149 cm³/mol. The van der Waals surface area contributed by atoms with E-state index in [2.05, 4.69) is 26.1 Å². The molecule has 2 aromatic heterocycles. The average Bonchev–Trinajstić information content (AvgIpc) is 3.54. The normalized spacial score (nSPS) is 14.5. The van der Waals surface area contributed by atoms with Gasteiger partial charge in [0.2, 0.25) is 5.78 Å². The Labute approximate surface area is 223 Å². The lowest BCUT2D eigenvalue weighted by atomic mass is 9.90. The van der Waals surface area contributed by atoms with Gasteiger partial charge in [-0.2, -0.15) is 0 Å². The van der Waals surface area contributed by atoms with Crippen molar-refractivity contribution in [3.8, 4) is 16.9 Å². The van der Waals surface area contributed by atoms with Crippen LogP contribution in [0.25, 0.3) is 16.9 Å². The molecule has 2 aromatic carbocycles. The first kappa shape index (κ1) is 26.2. The Kier molecular flexibility index (Phi) is 7.14. The third kappa shape index (κ3) is 4.87. The van der Waals surface area contributed by atoms with Crippen molar-refractivity contribution in [3.63, 3.8) is 0 Å². The highest BCUT2D eigenvalue weighted by atomic mass is 19.1. The molecule has 5 rings (SSSR count). The van der Waals surface area contributed by atoms with Crippen LogP contribution in [-0.2, 0) is 18.5 Å². The molecule has 7 heteroatoms. The van der Waals surface area contributed by atoms with Gasteiger partial charge in [-0.15, -0.1) is 0 Å². The maximum atomic E-state index is 14.8. The van der Waals surface area contributed by atoms with E-state index in [1.165, 1.54) is 18.9 Å². The topological polar surface area (TPSA) is 60.6 Å². The quantitative estimate of drug-likeness (QED) is 0.327. The molecule has 0 amide bonds. The molecule has 2 heterocycles. The van der Waals surface area contributed by atoms with E-state index >= 15 is 0 Å². The van der Waals surface area contributed by atoms with E-state index in [9.17, 15) is 9.18 Å². The fourth-order valence-electron chi connectivity index (χ4n) is 5.62. The van der Waals surface area contributed by atoms with Crippen LogP contribution in [0.15, 0.2) is 53.3 Å². The minimum Gasteiger partial charge on any atom is -0.497 e. The number of fused-ring (bicyclic) bond motifs is 1. The lowest BCUT2D eigenvalue weighted by Crippen LogP contribution is -2.30. The summed E-state index contributed by atoms with van der Waals surface area (Å²) in [7, 11) is 1.61. The first-order valence-corrected chi connectivity index (χ1v) is 13.5. The van der Waals surface area contributed by atoms with E-state index in [1.807, 2.05) is 41.8 Å². The molecule has 1 aliphatic carbocycles. The maximum Gasteiger partial charge on any atom is 0.267 e. The van der Waals surface area contributed by atoms with Crippen LogP contribution in [0.1, 0.15) is 69.1 Å². The number of nitrogens with zero attached hydrogens (tertiary/aromatic N) is 3. The second kappa shape index (κ2) is 10.4. The van der Waals surface area contributed by atoms with E-state index in [1.54, 1.807) is 23.6 Å². The molecule has 1 N–H and O–H groups in total. The van der Waals surface area contributed by atoms with E-state index in [0.717, 1.165) is 35.5 Å². The molecule has 4 aromatic rings. The molecular weight excluding hydrogens is 479 g/mol. The summed E-state index contributed by atoms with van der Waals surface area (Å²) in [6.07, 6.45) is 4.75. The van der Waals surface area contributed by atoms with Gasteiger partial charge in [0, 0.05) is 29.3 Å². The lowest BCUT2D eigenvalue weighted by molar-refractivity contribution is 0.415. The minimum atomic E-state index is -0.287. The van der Waals surface area contributed by atoms with E-state index in [-0.39, 0.29) is 23.3 Å². The Balaban J connectivity index is 1.80. The Morgan fingerprint density at radius 1 is 1.11 bits per heavy atom. The average molecular weight is 517 g/mol. The molecule has 0 atom stereocenters. The van der Waals surface area contributed by atoms with Gasteiger partial charge in [-0.1, -0.05) is 63.9 Å². The summed E-state index contributed by atoms with van der Waals surface area (Å²) in [5.41, 5.74) is 3.94. The highest BCUT2D eigenvalue weighted by Gasteiger charge is 2.29. The highest BCUT2D eigenvalue weighted by Crippen LogP contribution is 2.30. The predicted octanol–water partition coefficient (Wildman–Crippen LogP) is 6.00. The summed E-state index contributed by atoms with van der Waals surface area (Å²) in [6.45, 7) is 9.09.